The van der Waals surface area contributed by atoms with Crippen LogP contribution in [0.2, 0.25) is 0 Å². The number of hydrogen-bond acceptors (Lipinski definition) is 5. The summed E-state index contributed by atoms with van der Waals surface area (Å²) in [6.07, 6.45) is 1.41. The Morgan fingerprint density at radius 3 is 2.41 bits per heavy atom. The molecule has 3 rings (SSSR count). The minimum Gasteiger partial charge on any atom is -1.00 e. The van der Waals surface area contributed by atoms with Crippen LogP contribution < -0.4 is 27.9 Å². The average Bonchev–Trinajstić information content (AvgIpc) is 2.77. The Bertz CT molecular complexity index is 1180. The van der Waals surface area contributed by atoms with Crippen molar-refractivity contribution in [2.24, 2.45) is 0 Å². The van der Waals surface area contributed by atoms with Crippen LogP contribution in [0.15, 0.2) is 66.4 Å². The summed E-state index contributed by atoms with van der Waals surface area (Å²) in [5.41, 5.74) is 3.45. The number of aromatic hydroxyl groups is 1. The molecule has 1 amide bonds. The number of rotatable bonds is 7. The van der Waals surface area contributed by atoms with Gasteiger partial charge in [-0.15, -0.1) is 0 Å². The van der Waals surface area contributed by atoms with Gasteiger partial charge in [0.25, 0.3) is 5.91 Å². The number of nitriles is 1. The van der Waals surface area contributed by atoms with Gasteiger partial charge in [0, 0.05) is 47.1 Å². The lowest BCUT2D eigenvalue weighted by Crippen LogP contribution is -3.00. The van der Waals surface area contributed by atoms with Crippen molar-refractivity contribution >= 4 is 33.7 Å². The Hall–Kier alpha value is -3.69. The normalized spacial score (nSPS) is 10.8. The highest BCUT2D eigenvalue weighted by Crippen LogP contribution is 2.30. The fraction of sp³-hybridized carbons (Fsp3) is 0.200. The molecule has 0 saturated heterocycles. The minimum atomic E-state index is -0.525. The van der Waals surface area contributed by atoms with Gasteiger partial charge in [-0.1, -0.05) is 24.3 Å². The Morgan fingerprint density at radius 2 is 1.75 bits per heavy atom. The number of halogens is 1. The van der Waals surface area contributed by atoms with Gasteiger partial charge in [-0.2, -0.15) is 5.26 Å². The van der Waals surface area contributed by atoms with E-state index in [1.807, 2.05) is 25.1 Å². The summed E-state index contributed by atoms with van der Waals surface area (Å²) in [6.45, 7) is 8.06. The van der Waals surface area contributed by atoms with Crippen LogP contribution in [0.3, 0.4) is 0 Å². The number of phenolic OH excluding ortho intramolecular Hbond substituents is 1. The Labute approximate surface area is 194 Å². The number of phenols is 1. The van der Waals surface area contributed by atoms with Gasteiger partial charge in [-0.25, -0.2) is 0 Å². The van der Waals surface area contributed by atoms with Gasteiger partial charge in [0.2, 0.25) is 0 Å². The van der Waals surface area contributed by atoms with Crippen LogP contribution in [0, 0.1) is 18.3 Å². The first kappa shape index (κ1) is 24.6. The third kappa shape index (κ3) is 5.32. The molecule has 0 saturated carbocycles. The van der Waals surface area contributed by atoms with Crippen LogP contribution >= 0.6 is 0 Å². The molecule has 0 fully saturated rings. The van der Waals surface area contributed by atoms with Gasteiger partial charge < -0.3 is 33.0 Å². The van der Waals surface area contributed by atoms with Gasteiger partial charge in [0.15, 0.2) is 0 Å². The maximum absolute atomic E-state index is 12.7. The molecule has 7 heteroatoms. The van der Waals surface area contributed by atoms with E-state index >= 15 is 0 Å². The van der Waals surface area contributed by atoms with Crippen molar-refractivity contribution in [3.05, 3.63) is 71.9 Å². The number of nitrogens with zero attached hydrogens (tertiary/aromatic N) is 2. The van der Waals surface area contributed by atoms with Gasteiger partial charge >= 0.3 is 0 Å². The number of hydrogen-bond donors (Lipinski definition) is 3. The van der Waals surface area contributed by atoms with Crippen molar-refractivity contribution < 1.29 is 22.3 Å². The number of nitrogens with one attached hydrogen (secondary N) is 2. The van der Waals surface area contributed by atoms with E-state index in [4.69, 9.17) is 0 Å². The molecule has 0 bridgehead atoms. The van der Waals surface area contributed by atoms with Crippen molar-refractivity contribution in [1.29, 1.82) is 5.26 Å². The van der Waals surface area contributed by atoms with Crippen LogP contribution in [0.4, 0.5) is 17.1 Å². The third-order valence-electron chi connectivity index (χ3n) is 5.22. The molecule has 3 aromatic carbocycles. The molecule has 0 radical (unpaired) electrons. The van der Waals surface area contributed by atoms with E-state index in [1.165, 1.54) is 6.20 Å². The van der Waals surface area contributed by atoms with Gasteiger partial charge in [0.05, 0.1) is 0 Å². The lowest BCUT2D eigenvalue weighted by atomic mass is 10.1. The van der Waals surface area contributed by atoms with Crippen molar-refractivity contribution in [1.82, 2.24) is 0 Å². The first-order valence-corrected chi connectivity index (χ1v) is 10.2. The molecule has 0 aliphatic rings. The number of carbonyl (C=O) groups excluding carboxylic acids is 1. The highest BCUT2D eigenvalue weighted by atomic mass is 35.5. The number of carbonyl (C=O) groups is 1. The topological polar surface area (TPSA) is 88.4 Å². The minimum absolute atomic E-state index is 0. The predicted molar refractivity (Wildman–Crippen MR) is 126 cm³/mol. The highest BCUT2D eigenvalue weighted by molar-refractivity contribution is 6.11. The van der Waals surface area contributed by atoms with E-state index < -0.39 is 5.91 Å². The molecule has 0 unspecified atom stereocenters. The molecule has 0 aliphatic carbocycles. The van der Waals surface area contributed by atoms with Crippen molar-refractivity contribution in [3.63, 3.8) is 0 Å². The molecule has 6 nitrogen and oxygen atoms in total. The largest absolute Gasteiger partial charge is 1.00 e. The van der Waals surface area contributed by atoms with E-state index in [0.29, 0.717) is 16.5 Å². The summed E-state index contributed by atoms with van der Waals surface area (Å²) in [7, 11) is 0. The second-order valence-corrected chi connectivity index (χ2v) is 7.12. The van der Waals surface area contributed by atoms with Crippen LogP contribution in [0.1, 0.15) is 19.4 Å². The molecule has 0 spiro atoms. The van der Waals surface area contributed by atoms with Crippen LogP contribution in [-0.2, 0) is 4.79 Å². The molecular weight excluding hydrogens is 424 g/mol. The zero-order valence-electron chi connectivity index (χ0n) is 18.3. The first-order valence-electron chi connectivity index (χ1n) is 10.2. The number of fused-ring (bicyclic) bond motifs is 1. The fourth-order valence-electron chi connectivity index (χ4n) is 3.49. The second kappa shape index (κ2) is 11.1. The Morgan fingerprint density at radius 1 is 1.06 bits per heavy atom. The lowest BCUT2D eigenvalue weighted by molar-refractivity contribution is -0.112. The zero-order chi connectivity index (χ0) is 22.4. The van der Waals surface area contributed by atoms with Crippen LogP contribution in [0.25, 0.3) is 10.8 Å². The van der Waals surface area contributed by atoms with Crippen molar-refractivity contribution in [2.75, 3.05) is 28.6 Å². The number of anilines is 3. The fourth-order valence-corrected chi connectivity index (χ4v) is 3.49. The van der Waals surface area contributed by atoms with E-state index in [-0.39, 0.29) is 23.7 Å². The van der Waals surface area contributed by atoms with Gasteiger partial charge in [-0.05, 0) is 56.7 Å². The molecule has 32 heavy (non-hydrogen) atoms. The maximum Gasteiger partial charge on any atom is 0.267 e. The summed E-state index contributed by atoms with van der Waals surface area (Å²) in [5, 5.41) is 26.7. The summed E-state index contributed by atoms with van der Waals surface area (Å²) < 4.78 is 0. The standard InChI is InChI=1S/C25H26N4O2.ClH/c1-4-29(5-2)19-12-13-22(17(3)14-19)27-16-18(15-26)25(31)28-23-10-6-9-21-20(23)8-7-11-24(21)30;/h6-14,16,27,30H,4-5H2,1-3H3,(H,28,31);1H/p-1/b18-16-;. The first-order chi connectivity index (χ1) is 15.0. The molecule has 0 aromatic heterocycles. The monoisotopic (exact) mass is 449 g/mol. The molecule has 166 valence electrons. The van der Waals surface area contributed by atoms with Gasteiger partial charge in [0.1, 0.15) is 17.4 Å². The predicted octanol–water partition coefficient (Wildman–Crippen LogP) is 2.16. The maximum atomic E-state index is 12.7. The molecule has 3 aromatic rings. The second-order valence-electron chi connectivity index (χ2n) is 7.12. The SMILES string of the molecule is CCN(CC)c1ccc(N/C=C(/C#N)C(=O)Nc2cccc3c(O)cccc23)c(C)c1.[Cl-]. The molecule has 3 N–H and O–H groups in total. The Balaban J connectivity index is 0.00000363. The smallest absolute Gasteiger partial charge is 0.267 e. The van der Waals surface area contributed by atoms with E-state index in [0.717, 1.165) is 30.0 Å². The molecule has 0 aliphatic heterocycles. The average molecular weight is 450 g/mol. The van der Waals surface area contributed by atoms with E-state index in [9.17, 15) is 15.2 Å². The Kier molecular flexibility index (Phi) is 8.51. The molecule has 0 heterocycles. The van der Waals surface area contributed by atoms with Crippen LogP contribution in [0.5, 0.6) is 5.75 Å². The molecular formula is C25H26ClN4O2-. The summed E-state index contributed by atoms with van der Waals surface area (Å²) >= 11 is 0. The molecule has 0 atom stereocenters. The van der Waals surface area contributed by atoms with Crippen molar-refractivity contribution in [2.45, 2.75) is 20.8 Å². The number of benzene rings is 3. The summed E-state index contributed by atoms with van der Waals surface area (Å²) in [6, 6.07) is 18.3. The summed E-state index contributed by atoms with van der Waals surface area (Å²) in [4.78, 5) is 14.9. The third-order valence-corrected chi connectivity index (χ3v) is 5.22. The van der Waals surface area contributed by atoms with Gasteiger partial charge in [-0.3, -0.25) is 4.79 Å². The lowest BCUT2D eigenvalue weighted by Gasteiger charge is -2.22. The van der Waals surface area contributed by atoms with E-state index in [2.05, 4.69) is 35.4 Å². The summed E-state index contributed by atoms with van der Waals surface area (Å²) in [5.74, 6) is -0.391. The number of aryl methyl sites for hydroxylation is 1. The van der Waals surface area contributed by atoms with Crippen molar-refractivity contribution in [3.8, 4) is 11.8 Å². The highest BCUT2D eigenvalue weighted by Gasteiger charge is 2.12. The quantitative estimate of drug-likeness (QED) is 0.380. The van der Waals surface area contributed by atoms with E-state index in [1.54, 1.807) is 36.4 Å². The number of amides is 1. The van der Waals surface area contributed by atoms with Crippen LogP contribution in [-0.4, -0.2) is 24.1 Å². The zero-order valence-corrected chi connectivity index (χ0v) is 19.1.